The van der Waals surface area contributed by atoms with E-state index in [1.54, 1.807) is 0 Å². The van der Waals surface area contributed by atoms with Crippen LogP contribution in [0.4, 0.5) is 0 Å². The summed E-state index contributed by atoms with van der Waals surface area (Å²) in [6.07, 6.45) is 0. The van der Waals surface area contributed by atoms with Gasteiger partial charge in [0, 0.05) is 31.9 Å². The van der Waals surface area contributed by atoms with Gasteiger partial charge in [-0.25, -0.2) is 0 Å². The van der Waals surface area contributed by atoms with Crippen molar-refractivity contribution in [2.45, 2.75) is 0 Å². The lowest BCUT2D eigenvalue weighted by Gasteiger charge is -2.10. The number of nitrogens with zero attached hydrogens (tertiary/aromatic N) is 1. The largest absolute Gasteiger partial charge is 0.300 e. The standard InChI is InChI=1S/C5H10Cl2N.ClH/c1-8(4-2-6)5-3-7;/h1-5H2;1H. The highest BCUT2D eigenvalue weighted by molar-refractivity contribution is 6.18. The Kier molecular flexibility index (Phi) is 12.3. The molecule has 0 heterocycles. The van der Waals surface area contributed by atoms with Crippen molar-refractivity contribution in [1.82, 2.24) is 4.90 Å². The van der Waals surface area contributed by atoms with Gasteiger partial charge >= 0.3 is 0 Å². The van der Waals surface area contributed by atoms with Gasteiger partial charge < -0.3 is 0 Å². The molecule has 0 aromatic rings. The van der Waals surface area contributed by atoms with Crippen LogP contribution in [0.1, 0.15) is 0 Å². The van der Waals surface area contributed by atoms with Crippen molar-refractivity contribution in [3.05, 3.63) is 7.05 Å². The van der Waals surface area contributed by atoms with Crippen molar-refractivity contribution in [1.29, 1.82) is 0 Å². The van der Waals surface area contributed by atoms with Crippen LogP contribution in [0.5, 0.6) is 0 Å². The highest BCUT2D eigenvalue weighted by atomic mass is 35.5. The smallest absolute Gasteiger partial charge is 0.0351 e. The van der Waals surface area contributed by atoms with Crippen molar-refractivity contribution >= 4 is 35.6 Å². The average Bonchev–Trinajstić information content (AvgIpc) is 1.68. The number of hydrogen-bond acceptors (Lipinski definition) is 1. The molecule has 0 N–H and O–H groups in total. The molecule has 0 atom stereocenters. The second-order valence-corrected chi connectivity index (χ2v) is 2.25. The predicted molar refractivity (Wildman–Crippen MR) is 45.6 cm³/mol. The lowest BCUT2D eigenvalue weighted by molar-refractivity contribution is 0.418. The molecule has 9 heavy (non-hydrogen) atoms. The first kappa shape index (κ1) is 12.5. The summed E-state index contributed by atoms with van der Waals surface area (Å²) >= 11 is 10.8. The second kappa shape index (κ2) is 8.83. The Hall–Kier alpha value is 0.830. The van der Waals surface area contributed by atoms with Crippen LogP contribution in [0, 0.1) is 7.05 Å². The van der Waals surface area contributed by atoms with E-state index in [2.05, 4.69) is 7.05 Å². The molecule has 0 aromatic heterocycles. The summed E-state index contributed by atoms with van der Waals surface area (Å²) in [5.74, 6) is 1.25. The maximum absolute atomic E-state index is 5.41. The zero-order chi connectivity index (χ0) is 6.41. The summed E-state index contributed by atoms with van der Waals surface area (Å²) in [5.41, 5.74) is 0. The molecule has 4 heteroatoms. The highest BCUT2D eigenvalue weighted by Crippen LogP contribution is 1.86. The third-order valence-electron chi connectivity index (χ3n) is 0.801. The van der Waals surface area contributed by atoms with Crippen LogP contribution in [0.2, 0.25) is 0 Å². The van der Waals surface area contributed by atoms with Crippen molar-refractivity contribution in [2.24, 2.45) is 0 Å². The monoisotopic (exact) mass is 190 g/mol. The van der Waals surface area contributed by atoms with Gasteiger partial charge in [-0.15, -0.1) is 35.6 Å². The van der Waals surface area contributed by atoms with Crippen LogP contribution in [0.3, 0.4) is 0 Å². The van der Waals surface area contributed by atoms with E-state index < -0.39 is 0 Å². The average molecular weight is 192 g/mol. The SMILES string of the molecule is Cl.[CH2]N(CCCl)CCCl. The van der Waals surface area contributed by atoms with E-state index in [0.717, 1.165) is 13.1 Å². The van der Waals surface area contributed by atoms with Gasteiger partial charge in [0.25, 0.3) is 0 Å². The Balaban J connectivity index is 0. The van der Waals surface area contributed by atoms with Gasteiger partial charge in [-0.05, 0) is 0 Å². The molecular weight excluding hydrogens is 180 g/mol. The molecule has 0 bridgehead atoms. The van der Waals surface area contributed by atoms with E-state index in [9.17, 15) is 0 Å². The Morgan fingerprint density at radius 3 is 1.67 bits per heavy atom. The zero-order valence-corrected chi connectivity index (χ0v) is 7.48. The number of rotatable bonds is 4. The van der Waals surface area contributed by atoms with Crippen molar-refractivity contribution < 1.29 is 0 Å². The Bertz CT molecular complexity index is 45.5. The molecule has 1 nitrogen and oxygen atoms in total. The van der Waals surface area contributed by atoms with Crippen LogP contribution in [0.15, 0.2) is 0 Å². The van der Waals surface area contributed by atoms with Gasteiger partial charge in [0.15, 0.2) is 0 Å². The Morgan fingerprint density at radius 2 is 1.44 bits per heavy atom. The third kappa shape index (κ3) is 8.83. The normalized spacial score (nSPS) is 9.33. The molecule has 57 valence electrons. The van der Waals surface area contributed by atoms with E-state index in [1.165, 1.54) is 0 Å². The first-order valence-corrected chi connectivity index (χ1v) is 3.55. The molecule has 0 aliphatic heterocycles. The quantitative estimate of drug-likeness (QED) is 0.614. The predicted octanol–water partition coefficient (Wildman–Crippen LogP) is 1.98. The third-order valence-corrected chi connectivity index (χ3v) is 1.14. The highest BCUT2D eigenvalue weighted by Gasteiger charge is 1.92. The van der Waals surface area contributed by atoms with Gasteiger partial charge in [0.2, 0.25) is 0 Å². The minimum absolute atomic E-state index is 0. The lowest BCUT2D eigenvalue weighted by atomic mass is 10.6. The van der Waals surface area contributed by atoms with Crippen molar-refractivity contribution in [3.8, 4) is 0 Å². The topological polar surface area (TPSA) is 3.24 Å². The summed E-state index contributed by atoms with van der Waals surface area (Å²) in [4.78, 5) is 1.85. The maximum Gasteiger partial charge on any atom is 0.0351 e. The zero-order valence-electron chi connectivity index (χ0n) is 5.15. The number of alkyl halides is 2. The van der Waals surface area contributed by atoms with E-state index in [0.29, 0.717) is 11.8 Å². The first-order chi connectivity index (χ1) is 3.81. The van der Waals surface area contributed by atoms with E-state index in [4.69, 9.17) is 23.2 Å². The molecule has 0 spiro atoms. The van der Waals surface area contributed by atoms with E-state index in [1.807, 2.05) is 4.90 Å². The first-order valence-electron chi connectivity index (χ1n) is 2.48. The molecule has 0 saturated heterocycles. The molecule has 0 aromatic carbocycles. The van der Waals surface area contributed by atoms with Crippen LogP contribution in [0.25, 0.3) is 0 Å². The molecule has 0 rings (SSSR count). The summed E-state index contributed by atoms with van der Waals surface area (Å²) in [6, 6.07) is 0. The summed E-state index contributed by atoms with van der Waals surface area (Å²) in [6.45, 7) is 1.63. The molecule has 0 amide bonds. The van der Waals surface area contributed by atoms with Crippen molar-refractivity contribution in [2.75, 3.05) is 24.8 Å². The van der Waals surface area contributed by atoms with Crippen LogP contribution < -0.4 is 0 Å². The molecule has 0 fully saturated rings. The summed E-state index contributed by atoms with van der Waals surface area (Å²) in [7, 11) is 3.68. The molecule has 0 aliphatic carbocycles. The van der Waals surface area contributed by atoms with Gasteiger partial charge in [0.05, 0.1) is 0 Å². The Labute approximate surface area is 72.7 Å². The molecule has 1 radical (unpaired) electrons. The fourth-order valence-electron chi connectivity index (χ4n) is 0.351. The number of halogens is 3. The van der Waals surface area contributed by atoms with E-state index in [-0.39, 0.29) is 12.4 Å². The fourth-order valence-corrected chi connectivity index (χ4v) is 0.829. The van der Waals surface area contributed by atoms with E-state index >= 15 is 0 Å². The molecule has 0 aliphatic rings. The Morgan fingerprint density at radius 1 is 1.11 bits per heavy atom. The maximum atomic E-state index is 5.41. The van der Waals surface area contributed by atoms with Gasteiger partial charge in [-0.1, -0.05) is 0 Å². The second-order valence-electron chi connectivity index (χ2n) is 1.50. The molecule has 0 unspecified atom stereocenters. The number of hydrogen-bond donors (Lipinski definition) is 0. The lowest BCUT2D eigenvalue weighted by Crippen LogP contribution is -2.20. The van der Waals surface area contributed by atoms with Gasteiger partial charge in [-0.3, -0.25) is 4.90 Å². The summed E-state index contributed by atoms with van der Waals surface area (Å²) < 4.78 is 0. The van der Waals surface area contributed by atoms with Crippen LogP contribution >= 0.6 is 35.6 Å². The van der Waals surface area contributed by atoms with Crippen LogP contribution in [-0.4, -0.2) is 29.7 Å². The van der Waals surface area contributed by atoms with Crippen molar-refractivity contribution in [3.63, 3.8) is 0 Å². The van der Waals surface area contributed by atoms with Gasteiger partial charge in [0.1, 0.15) is 0 Å². The minimum atomic E-state index is 0. The summed E-state index contributed by atoms with van der Waals surface area (Å²) in [5, 5.41) is 0. The minimum Gasteiger partial charge on any atom is -0.300 e. The van der Waals surface area contributed by atoms with Crippen LogP contribution in [-0.2, 0) is 0 Å². The molecule has 0 saturated carbocycles. The van der Waals surface area contributed by atoms with Gasteiger partial charge in [-0.2, -0.15) is 0 Å². The fraction of sp³-hybridized carbons (Fsp3) is 0.800. The molecular formula is C5H11Cl3N.